The van der Waals surface area contributed by atoms with Gasteiger partial charge in [0.05, 0.1) is 28.8 Å². The van der Waals surface area contributed by atoms with E-state index < -0.39 is 0 Å². The van der Waals surface area contributed by atoms with E-state index >= 15 is 0 Å². The lowest BCUT2D eigenvalue weighted by molar-refractivity contribution is 1.40. The van der Waals surface area contributed by atoms with Crippen LogP contribution in [0.1, 0.15) is 0 Å². The monoisotopic (exact) mass is 439 g/mol. The summed E-state index contributed by atoms with van der Waals surface area (Å²) < 4.78 is 2.15. The molecule has 0 radical (unpaired) electrons. The Kier molecular flexibility index (Phi) is 3.80. The second-order valence-electron chi connectivity index (χ2n) is 4.35. The highest BCUT2D eigenvalue weighted by Crippen LogP contribution is 2.33. The Morgan fingerprint density at radius 3 is 2.75 bits per heavy atom. The number of nitrogens with two attached hydrogens (primary N) is 1. The largest absolute Gasteiger partial charge is 0.396 e. The number of hydrogen-bond donors (Lipinski definition) is 2. The first kappa shape index (κ1) is 13.6. The van der Waals surface area contributed by atoms with Gasteiger partial charge in [-0.1, -0.05) is 28.1 Å². The second kappa shape index (κ2) is 5.57. The molecule has 1 heterocycles. The number of rotatable bonds is 2. The molecule has 0 saturated heterocycles. The maximum absolute atomic E-state index is 6.09. The van der Waals surface area contributed by atoms with Gasteiger partial charge >= 0.3 is 0 Å². The first-order valence-corrected chi connectivity index (χ1v) is 7.87. The maximum Gasteiger partial charge on any atom is 0.0746 e. The molecule has 0 spiro atoms. The number of fused-ring (bicyclic) bond motifs is 1. The van der Waals surface area contributed by atoms with E-state index in [9.17, 15) is 0 Å². The zero-order chi connectivity index (χ0) is 14.1. The normalized spacial score (nSPS) is 10.7. The molecule has 2 aromatic carbocycles. The van der Waals surface area contributed by atoms with Gasteiger partial charge in [-0.05, 0) is 52.9 Å². The average molecular weight is 440 g/mol. The van der Waals surface area contributed by atoms with Crippen molar-refractivity contribution in [2.45, 2.75) is 0 Å². The third-order valence-corrected chi connectivity index (χ3v) is 4.43. The number of aromatic nitrogens is 1. The molecule has 0 amide bonds. The summed E-state index contributed by atoms with van der Waals surface area (Å²) in [4.78, 5) is 4.36. The van der Waals surface area contributed by atoms with Crippen molar-refractivity contribution in [3.05, 3.63) is 56.7 Å². The van der Waals surface area contributed by atoms with Crippen LogP contribution in [-0.2, 0) is 0 Å². The molecule has 0 fully saturated rings. The van der Waals surface area contributed by atoms with Crippen LogP contribution in [0, 0.1) is 3.57 Å². The number of benzene rings is 2. The summed E-state index contributed by atoms with van der Waals surface area (Å²) in [5.74, 6) is 0. The molecule has 0 bridgehead atoms. The van der Waals surface area contributed by atoms with Crippen LogP contribution in [0.2, 0.25) is 0 Å². The van der Waals surface area contributed by atoms with Gasteiger partial charge < -0.3 is 11.1 Å². The lowest BCUT2D eigenvalue weighted by Gasteiger charge is -2.13. The lowest BCUT2D eigenvalue weighted by Crippen LogP contribution is -2.00. The van der Waals surface area contributed by atoms with E-state index in [0.717, 1.165) is 30.3 Å². The number of nitrogen functional groups attached to an aromatic ring is 1. The van der Waals surface area contributed by atoms with Crippen molar-refractivity contribution in [3.63, 3.8) is 0 Å². The number of nitrogens with zero attached hydrogens (tertiary/aromatic N) is 1. The molecule has 3 nitrogen and oxygen atoms in total. The molecule has 5 heteroatoms. The van der Waals surface area contributed by atoms with Crippen molar-refractivity contribution in [2.75, 3.05) is 11.1 Å². The van der Waals surface area contributed by atoms with E-state index in [0.29, 0.717) is 5.69 Å². The standard InChI is InChI=1S/C15H11BrIN3/c16-9-5-6-13-10(7-9)15(12(18)8-19-13)20-14-4-2-1-3-11(14)17/h1-8H,18H2,(H,19,20). The summed E-state index contributed by atoms with van der Waals surface area (Å²) in [5.41, 5.74) is 9.56. The Labute approximate surface area is 138 Å². The Bertz CT molecular complexity index is 784. The van der Waals surface area contributed by atoms with Crippen molar-refractivity contribution in [3.8, 4) is 0 Å². The van der Waals surface area contributed by atoms with E-state index in [4.69, 9.17) is 5.73 Å². The summed E-state index contributed by atoms with van der Waals surface area (Å²) in [6.07, 6.45) is 1.69. The molecule has 100 valence electrons. The highest BCUT2D eigenvalue weighted by molar-refractivity contribution is 14.1. The van der Waals surface area contributed by atoms with Gasteiger partial charge in [0.1, 0.15) is 0 Å². The van der Waals surface area contributed by atoms with Crippen LogP contribution in [0.4, 0.5) is 17.1 Å². The SMILES string of the molecule is Nc1cnc2ccc(Br)cc2c1Nc1ccccc1I. The summed E-state index contributed by atoms with van der Waals surface area (Å²) in [7, 11) is 0. The summed E-state index contributed by atoms with van der Waals surface area (Å²) in [6, 6.07) is 14.1. The lowest BCUT2D eigenvalue weighted by atomic mass is 10.1. The molecule has 3 aromatic rings. The molecule has 3 N–H and O–H groups in total. The second-order valence-corrected chi connectivity index (χ2v) is 6.43. The topological polar surface area (TPSA) is 50.9 Å². The summed E-state index contributed by atoms with van der Waals surface area (Å²) in [6.45, 7) is 0. The Morgan fingerprint density at radius 2 is 1.95 bits per heavy atom. The molecule has 20 heavy (non-hydrogen) atoms. The third-order valence-electron chi connectivity index (χ3n) is 2.99. The van der Waals surface area contributed by atoms with E-state index in [2.05, 4.69) is 54.9 Å². The molecular formula is C15H11BrIN3. The van der Waals surface area contributed by atoms with Crippen LogP contribution in [0.15, 0.2) is 53.1 Å². The smallest absolute Gasteiger partial charge is 0.0746 e. The van der Waals surface area contributed by atoms with Crippen LogP contribution in [-0.4, -0.2) is 4.98 Å². The van der Waals surface area contributed by atoms with Crippen molar-refractivity contribution < 1.29 is 0 Å². The quantitative estimate of drug-likeness (QED) is 0.556. The molecule has 0 atom stereocenters. The van der Waals surface area contributed by atoms with Crippen molar-refractivity contribution in [1.82, 2.24) is 4.98 Å². The third kappa shape index (κ3) is 2.60. The summed E-state index contributed by atoms with van der Waals surface area (Å²) >= 11 is 5.79. The number of anilines is 3. The number of hydrogen-bond acceptors (Lipinski definition) is 3. The van der Waals surface area contributed by atoms with E-state index in [1.807, 2.05) is 36.4 Å². The van der Waals surface area contributed by atoms with Crippen LogP contribution in [0.25, 0.3) is 10.9 Å². The van der Waals surface area contributed by atoms with Crippen LogP contribution in [0.3, 0.4) is 0 Å². The van der Waals surface area contributed by atoms with Gasteiger partial charge in [0, 0.05) is 13.4 Å². The summed E-state index contributed by atoms with van der Waals surface area (Å²) in [5, 5.41) is 4.42. The van der Waals surface area contributed by atoms with E-state index in [1.165, 1.54) is 0 Å². The van der Waals surface area contributed by atoms with E-state index in [-0.39, 0.29) is 0 Å². The molecule has 0 aliphatic heterocycles. The zero-order valence-corrected chi connectivity index (χ0v) is 14.1. The zero-order valence-electron chi connectivity index (χ0n) is 10.4. The van der Waals surface area contributed by atoms with Crippen LogP contribution >= 0.6 is 38.5 Å². The predicted octanol–water partition coefficient (Wildman–Crippen LogP) is 4.93. The molecule has 0 aliphatic carbocycles. The van der Waals surface area contributed by atoms with Gasteiger partial charge in [-0.2, -0.15) is 0 Å². The van der Waals surface area contributed by atoms with Gasteiger partial charge in [-0.3, -0.25) is 4.98 Å². The fraction of sp³-hybridized carbons (Fsp3) is 0. The van der Waals surface area contributed by atoms with Crippen molar-refractivity contribution in [1.29, 1.82) is 0 Å². The number of nitrogens with one attached hydrogen (secondary N) is 1. The Hall–Kier alpha value is -1.34. The number of halogens is 2. The van der Waals surface area contributed by atoms with Gasteiger partial charge in [0.2, 0.25) is 0 Å². The fourth-order valence-electron chi connectivity index (χ4n) is 2.02. The van der Waals surface area contributed by atoms with Gasteiger partial charge in [0.15, 0.2) is 0 Å². The Morgan fingerprint density at radius 1 is 1.15 bits per heavy atom. The average Bonchev–Trinajstić information content (AvgIpc) is 2.44. The molecule has 0 saturated carbocycles. The van der Waals surface area contributed by atoms with Gasteiger partial charge in [0.25, 0.3) is 0 Å². The minimum Gasteiger partial charge on any atom is -0.396 e. The van der Waals surface area contributed by atoms with Crippen LogP contribution < -0.4 is 11.1 Å². The minimum atomic E-state index is 0.634. The number of para-hydroxylation sites is 1. The molecule has 3 rings (SSSR count). The molecule has 0 aliphatic rings. The number of pyridine rings is 1. The van der Waals surface area contributed by atoms with Crippen molar-refractivity contribution in [2.24, 2.45) is 0 Å². The molecule has 1 aromatic heterocycles. The van der Waals surface area contributed by atoms with E-state index in [1.54, 1.807) is 6.20 Å². The van der Waals surface area contributed by atoms with Crippen LogP contribution in [0.5, 0.6) is 0 Å². The Balaban J connectivity index is 2.17. The minimum absolute atomic E-state index is 0.634. The maximum atomic E-state index is 6.09. The first-order chi connectivity index (χ1) is 9.65. The molecule has 0 unspecified atom stereocenters. The predicted molar refractivity (Wildman–Crippen MR) is 96.3 cm³/mol. The van der Waals surface area contributed by atoms with Crippen molar-refractivity contribution >= 4 is 66.5 Å². The van der Waals surface area contributed by atoms with Gasteiger partial charge in [-0.25, -0.2) is 0 Å². The first-order valence-electron chi connectivity index (χ1n) is 6.00. The molecular weight excluding hydrogens is 429 g/mol. The van der Waals surface area contributed by atoms with Gasteiger partial charge in [-0.15, -0.1) is 0 Å². The fourth-order valence-corrected chi connectivity index (χ4v) is 2.90. The highest BCUT2D eigenvalue weighted by atomic mass is 127. The highest BCUT2D eigenvalue weighted by Gasteiger charge is 2.09.